The minimum absolute atomic E-state index is 0.0186. The minimum atomic E-state index is -0.662. The Hall–Kier alpha value is -0.570. The van der Waals surface area contributed by atoms with Crippen LogP contribution in [0.3, 0.4) is 0 Å². The van der Waals surface area contributed by atoms with Crippen molar-refractivity contribution in [3.05, 3.63) is 0 Å². The molecule has 2 unspecified atom stereocenters. The predicted molar refractivity (Wildman–Crippen MR) is 42.1 cm³/mol. The third-order valence-corrected chi connectivity index (χ3v) is 2.35. The third kappa shape index (κ3) is 1.71. The summed E-state index contributed by atoms with van der Waals surface area (Å²) in [6, 6.07) is -0.0186. The molecule has 0 radical (unpaired) electrons. The second-order valence-electron chi connectivity index (χ2n) is 3.37. The maximum absolute atomic E-state index is 10.9. The molecule has 3 heteroatoms. The molecule has 0 aromatic heterocycles. The molecular formula is C8H15NO2. The van der Waals surface area contributed by atoms with E-state index in [1.807, 2.05) is 6.92 Å². The van der Waals surface area contributed by atoms with Crippen molar-refractivity contribution in [1.82, 2.24) is 5.32 Å². The number of hydrogen-bond acceptors (Lipinski definition) is 2. The Morgan fingerprint density at radius 1 is 1.82 bits per heavy atom. The molecule has 1 amide bonds. The lowest BCUT2D eigenvalue weighted by Gasteiger charge is -2.42. The van der Waals surface area contributed by atoms with Gasteiger partial charge in [-0.2, -0.15) is 0 Å². The Labute approximate surface area is 66.8 Å². The van der Waals surface area contributed by atoms with Crippen LogP contribution >= 0.6 is 0 Å². The van der Waals surface area contributed by atoms with Crippen molar-refractivity contribution in [2.75, 3.05) is 0 Å². The van der Waals surface area contributed by atoms with Gasteiger partial charge in [0.2, 0.25) is 5.91 Å². The van der Waals surface area contributed by atoms with Crippen LogP contribution in [-0.4, -0.2) is 22.7 Å². The number of rotatable bonds is 2. The Morgan fingerprint density at radius 3 is 2.73 bits per heavy atom. The monoisotopic (exact) mass is 157 g/mol. The highest BCUT2D eigenvalue weighted by Gasteiger charge is 2.41. The van der Waals surface area contributed by atoms with Crippen LogP contribution < -0.4 is 5.32 Å². The topological polar surface area (TPSA) is 49.3 Å². The number of hydrogen-bond donors (Lipinski definition) is 2. The molecule has 11 heavy (non-hydrogen) atoms. The second-order valence-corrected chi connectivity index (χ2v) is 3.37. The zero-order chi connectivity index (χ0) is 8.48. The van der Waals surface area contributed by atoms with E-state index in [2.05, 4.69) is 5.32 Å². The van der Waals surface area contributed by atoms with E-state index in [0.717, 1.165) is 12.8 Å². The van der Waals surface area contributed by atoms with Crippen molar-refractivity contribution in [2.45, 2.75) is 44.8 Å². The van der Waals surface area contributed by atoms with Gasteiger partial charge in [-0.25, -0.2) is 0 Å². The van der Waals surface area contributed by atoms with Gasteiger partial charge in [0.1, 0.15) is 0 Å². The first kappa shape index (κ1) is 8.53. The SMILES string of the molecule is CCC(=O)NC1CCC1(C)O. The lowest BCUT2D eigenvalue weighted by molar-refractivity contribution is -0.127. The largest absolute Gasteiger partial charge is 0.388 e. The average Bonchev–Trinajstić information content (AvgIpc) is 1.98. The normalized spacial score (nSPS) is 36.1. The van der Waals surface area contributed by atoms with Crippen LogP contribution in [-0.2, 0) is 4.79 Å². The quantitative estimate of drug-likeness (QED) is 0.610. The number of carbonyl (C=O) groups excluding carboxylic acids is 1. The minimum Gasteiger partial charge on any atom is -0.388 e. The number of nitrogens with one attached hydrogen (secondary N) is 1. The summed E-state index contributed by atoms with van der Waals surface area (Å²) in [4.78, 5) is 10.9. The van der Waals surface area contributed by atoms with Gasteiger partial charge in [0.15, 0.2) is 0 Å². The summed E-state index contributed by atoms with van der Waals surface area (Å²) in [5.74, 6) is 0.0231. The molecule has 0 heterocycles. The van der Waals surface area contributed by atoms with E-state index in [0.29, 0.717) is 6.42 Å². The van der Waals surface area contributed by atoms with E-state index in [1.165, 1.54) is 0 Å². The highest BCUT2D eigenvalue weighted by atomic mass is 16.3. The average molecular weight is 157 g/mol. The summed E-state index contributed by atoms with van der Waals surface area (Å²) in [6.45, 7) is 3.57. The van der Waals surface area contributed by atoms with Crippen molar-refractivity contribution < 1.29 is 9.90 Å². The van der Waals surface area contributed by atoms with E-state index in [1.54, 1.807) is 6.92 Å². The van der Waals surface area contributed by atoms with E-state index in [9.17, 15) is 9.90 Å². The molecule has 1 rings (SSSR count). The number of amides is 1. The van der Waals surface area contributed by atoms with Gasteiger partial charge in [0.05, 0.1) is 11.6 Å². The van der Waals surface area contributed by atoms with Crippen LogP contribution in [0, 0.1) is 0 Å². The fraction of sp³-hybridized carbons (Fsp3) is 0.875. The van der Waals surface area contributed by atoms with Crippen LogP contribution in [0.25, 0.3) is 0 Å². The summed E-state index contributed by atoms with van der Waals surface area (Å²) >= 11 is 0. The first-order chi connectivity index (χ1) is 5.06. The smallest absolute Gasteiger partial charge is 0.220 e. The maximum Gasteiger partial charge on any atom is 0.220 e. The van der Waals surface area contributed by atoms with Gasteiger partial charge < -0.3 is 10.4 Å². The third-order valence-electron chi connectivity index (χ3n) is 2.35. The Morgan fingerprint density at radius 2 is 2.45 bits per heavy atom. The molecule has 2 N–H and O–H groups in total. The highest BCUT2D eigenvalue weighted by Crippen LogP contribution is 2.31. The van der Waals surface area contributed by atoms with Crippen molar-refractivity contribution in [3.63, 3.8) is 0 Å². The number of carbonyl (C=O) groups is 1. The molecule has 1 aliphatic carbocycles. The molecule has 3 nitrogen and oxygen atoms in total. The van der Waals surface area contributed by atoms with Gasteiger partial charge in [-0.15, -0.1) is 0 Å². The molecule has 1 aliphatic rings. The van der Waals surface area contributed by atoms with Gasteiger partial charge in [0, 0.05) is 6.42 Å². The summed E-state index contributed by atoms with van der Waals surface area (Å²) in [5, 5.41) is 12.3. The van der Waals surface area contributed by atoms with Gasteiger partial charge in [-0.1, -0.05) is 6.92 Å². The van der Waals surface area contributed by atoms with Crippen molar-refractivity contribution >= 4 is 5.91 Å². The fourth-order valence-electron chi connectivity index (χ4n) is 1.23. The van der Waals surface area contributed by atoms with E-state index in [-0.39, 0.29) is 11.9 Å². The summed E-state index contributed by atoms with van der Waals surface area (Å²) in [6.07, 6.45) is 2.19. The lowest BCUT2D eigenvalue weighted by Crippen LogP contribution is -2.58. The maximum atomic E-state index is 10.9. The molecular weight excluding hydrogens is 142 g/mol. The Kier molecular flexibility index (Phi) is 2.18. The first-order valence-corrected chi connectivity index (χ1v) is 4.08. The fourth-order valence-corrected chi connectivity index (χ4v) is 1.23. The van der Waals surface area contributed by atoms with Gasteiger partial charge in [-0.3, -0.25) is 4.79 Å². The summed E-state index contributed by atoms with van der Waals surface area (Å²) in [7, 11) is 0. The van der Waals surface area contributed by atoms with Crippen molar-refractivity contribution in [2.24, 2.45) is 0 Å². The lowest BCUT2D eigenvalue weighted by atomic mass is 9.76. The molecule has 1 saturated carbocycles. The zero-order valence-corrected chi connectivity index (χ0v) is 7.05. The van der Waals surface area contributed by atoms with E-state index < -0.39 is 5.60 Å². The van der Waals surface area contributed by atoms with Crippen LogP contribution in [0.4, 0.5) is 0 Å². The second kappa shape index (κ2) is 2.81. The molecule has 0 aromatic rings. The molecule has 2 atom stereocenters. The van der Waals surface area contributed by atoms with Crippen LogP contribution in [0.15, 0.2) is 0 Å². The molecule has 0 bridgehead atoms. The summed E-state index contributed by atoms with van der Waals surface area (Å²) < 4.78 is 0. The van der Waals surface area contributed by atoms with Gasteiger partial charge in [0.25, 0.3) is 0 Å². The Bertz CT molecular complexity index is 165. The van der Waals surface area contributed by atoms with Crippen LogP contribution in [0.1, 0.15) is 33.1 Å². The van der Waals surface area contributed by atoms with E-state index in [4.69, 9.17) is 0 Å². The summed E-state index contributed by atoms with van der Waals surface area (Å²) in [5.41, 5.74) is -0.662. The highest BCUT2D eigenvalue weighted by molar-refractivity contribution is 5.76. The van der Waals surface area contributed by atoms with Crippen LogP contribution in [0.5, 0.6) is 0 Å². The van der Waals surface area contributed by atoms with Gasteiger partial charge >= 0.3 is 0 Å². The molecule has 1 fully saturated rings. The number of aliphatic hydroxyl groups is 1. The first-order valence-electron chi connectivity index (χ1n) is 4.08. The van der Waals surface area contributed by atoms with Gasteiger partial charge in [-0.05, 0) is 19.8 Å². The molecule has 64 valence electrons. The van der Waals surface area contributed by atoms with Crippen molar-refractivity contribution in [1.29, 1.82) is 0 Å². The van der Waals surface area contributed by atoms with E-state index >= 15 is 0 Å². The standard InChI is InChI=1S/C8H15NO2/c1-3-7(10)9-6-4-5-8(6,2)11/h6,11H,3-5H2,1-2H3,(H,9,10). The zero-order valence-electron chi connectivity index (χ0n) is 7.05. The molecule has 0 spiro atoms. The molecule has 0 aromatic carbocycles. The molecule has 0 saturated heterocycles. The molecule has 0 aliphatic heterocycles. The predicted octanol–water partition coefficient (Wildman–Crippen LogP) is 0.426. The Balaban J connectivity index is 2.34. The van der Waals surface area contributed by atoms with Crippen LogP contribution in [0.2, 0.25) is 0 Å². The van der Waals surface area contributed by atoms with Crippen molar-refractivity contribution in [3.8, 4) is 0 Å².